The lowest BCUT2D eigenvalue weighted by Gasteiger charge is -2.10. The van der Waals surface area contributed by atoms with Gasteiger partial charge in [-0.15, -0.1) is 0 Å². The van der Waals surface area contributed by atoms with Crippen LogP contribution in [0.1, 0.15) is 61.9 Å². The second kappa shape index (κ2) is 7.91. The van der Waals surface area contributed by atoms with E-state index >= 15 is 0 Å². The summed E-state index contributed by atoms with van der Waals surface area (Å²) in [6, 6.07) is 5.75. The Kier molecular flexibility index (Phi) is 6.48. The fraction of sp³-hybridized carbons (Fsp3) is 0.562. The normalized spacial score (nSPS) is 10.4. The van der Waals surface area contributed by atoms with Crippen LogP contribution in [0.5, 0.6) is 5.75 Å². The molecule has 100 valence electrons. The smallest absolute Gasteiger partial charge is 0.162 e. The first-order valence-corrected chi connectivity index (χ1v) is 6.95. The first-order valence-electron chi connectivity index (χ1n) is 6.95. The van der Waals surface area contributed by atoms with Gasteiger partial charge in [0, 0.05) is 12.0 Å². The van der Waals surface area contributed by atoms with Gasteiger partial charge in [0.15, 0.2) is 5.78 Å². The lowest BCUT2D eigenvalue weighted by Crippen LogP contribution is -2.02. The van der Waals surface area contributed by atoms with Crippen molar-refractivity contribution < 1.29 is 9.53 Å². The molecule has 0 saturated carbocycles. The zero-order valence-corrected chi connectivity index (χ0v) is 11.8. The summed E-state index contributed by atoms with van der Waals surface area (Å²) in [6.45, 7) is 6.95. The number of Topliss-reactive ketones (excluding diaryl/α,β-unsaturated/α-hetero) is 1. The van der Waals surface area contributed by atoms with E-state index in [-0.39, 0.29) is 5.78 Å². The molecule has 2 nitrogen and oxygen atoms in total. The highest BCUT2D eigenvalue weighted by Crippen LogP contribution is 2.21. The highest BCUT2D eigenvalue weighted by atomic mass is 16.5. The van der Waals surface area contributed by atoms with Crippen LogP contribution in [0.4, 0.5) is 0 Å². The molecule has 0 spiro atoms. The van der Waals surface area contributed by atoms with Crippen molar-refractivity contribution >= 4 is 5.78 Å². The molecule has 0 aromatic heterocycles. The van der Waals surface area contributed by atoms with Gasteiger partial charge in [0.1, 0.15) is 5.75 Å². The minimum Gasteiger partial charge on any atom is -0.493 e. The molecule has 0 N–H and O–H groups in total. The molecule has 0 aliphatic carbocycles. The van der Waals surface area contributed by atoms with E-state index in [0.717, 1.165) is 36.3 Å². The van der Waals surface area contributed by atoms with Crippen molar-refractivity contribution in [3.05, 3.63) is 29.3 Å². The van der Waals surface area contributed by atoms with E-state index < -0.39 is 0 Å². The third kappa shape index (κ3) is 4.52. The highest BCUT2D eigenvalue weighted by molar-refractivity contribution is 5.96. The fourth-order valence-corrected chi connectivity index (χ4v) is 1.83. The number of ether oxygens (including phenoxy) is 1. The quantitative estimate of drug-likeness (QED) is 0.498. The molecule has 1 rings (SSSR count). The molecule has 0 saturated heterocycles. The lowest BCUT2D eigenvalue weighted by molar-refractivity contribution is 0.0981. The molecule has 0 aliphatic rings. The van der Waals surface area contributed by atoms with Crippen molar-refractivity contribution in [1.29, 1.82) is 0 Å². The number of carbonyl (C=O) groups is 1. The third-order valence-corrected chi connectivity index (χ3v) is 2.99. The molecule has 0 bridgehead atoms. The minimum absolute atomic E-state index is 0.205. The van der Waals surface area contributed by atoms with Crippen molar-refractivity contribution in [3.63, 3.8) is 0 Å². The summed E-state index contributed by atoms with van der Waals surface area (Å²) in [4.78, 5) is 11.8. The maximum Gasteiger partial charge on any atom is 0.162 e. The molecule has 1 aromatic rings. The first kappa shape index (κ1) is 14.7. The van der Waals surface area contributed by atoms with Gasteiger partial charge in [-0.2, -0.15) is 0 Å². The van der Waals surface area contributed by atoms with Gasteiger partial charge in [0.2, 0.25) is 0 Å². The standard InChI is InChI=1S/C16H24O2/c1-4-6-7-11-18-16-12-14(10-9-13(16)3)15(17)8-5-2/h9-10,12H,4-8,11H2,1-3H3. The summed E-state index contributed by atoms with van der Waals surface area (Å²) in [5.74, 6) is 1.06. The van der Waals surface area contributed by atoms with Gasteiger partial charge in [-0.3, -0.25) is 4.79 Å². The summed E-state index contributed by atoms with van der Waals surface area (Å²) < 4.78 is 5.76. The van der Waals surface area contributed by atoms with Crippen LogP contribution < -0.4 is 4.74 Å². The number of ketones is 1. The monoisotopic (exact) mass is 248 g/mol. The molecule has 2 heteroatoms. The van der Waals surface area contributed by atoms with Crippen molar-refractivity contribution in [2.24, 2.45) is 0 Å². The number of rotatable bonds is 8. The summed E-state index contributed by atoms with van der Waals surface area (Å²) in [5.41, 5.74) is 1.87. The van der Waals surface area contributed by atoms with Crippen molar-refractivity contribution in [1.82, 2.24) is 0 Å². The molecule has 1 aromatic carbocycles. The Labute approximate surface area is 110 Å². The fourth-order valence-electron chi connectivity index (χ4n) is 1.83. The van der Waals surface area contributed by atoms with E-state index in [1.54, 1.807) is 0 Å². The summed E-state index contributed by atoms with van der Waals surface area (Å²) >= 11 is 0. The Morgan fingerprint density at radius 2 is 1.94 bits per heavy atom. The van der Waals surface area contributed by atoms with E-state index in [1.807, 2.05) is 32.0 Å². The number of hydrogen-bond acceptors (Lipinski definition) is 2. The Balaban J connectivity index is 2.66. The molecule has 18 heavy (non-hydrogen) atoms. The SMILES string of the molecule is CCCCCOc1cc(C(=O)CCC)ccc1C. The molecule has 0 heterocycles. The second-order valence-electron chi connectivity index (χ2n) is 4.71. The Morgan fingerprint density at radius 3 is 2.61 bits per heavy atom. The molecule has 0 atom stereocenters. The number of carbonyl (C=O) groups excluding carboxylic acids is 1. The predicted molar refractivity (Wildman–Crippen MR) is 75.4 cm³/mol. The molecule has 0 unspecified atom stereocenters. The summed E-state index contributed by atoms with van der Waals surface area (Å²) in [7, 11) is 0. The maximum absolute atomic E-state index is 11.8. The largest absolute Gasteiger partial charge is 0.493 e. The van der Waals surface area contributed by atoms with E-state index in [2.05, 4.69) is 6.92 Å². The number of unbranched alkanes of at least 4 members (excludes halogenated alkanes) is 2. The zero-order chi connectivity index (χ0) is 13.4. The molecule has 0 fully saturated rings. The van der Waals surface area contributed by atoms with Crippen LogP contribution in [0, 0.1) is 6.92 Å². The van der Waals surface area contributed by atoms with Gasteiger partial charge in [-0.25, -0.2) is 0 Å². The Hall–Kier alpha value is -1.31. The molecule has 0 radical (unpaired) electrons. The predicted octanol–water partition coefficient (Wildman–Crippen LogP) is 4.55. The van der Waals surface area contributed by atoms with Crippen LogP contribution in [-0.4, -0.2) is 12.4 Å². The number of benzene rings is 1. The van der Waals surface area contributed by atoms with E-state index in [1.165, 1.54) is 12.8 Å². The van der Waals surface area contributed by atoms with Gasteiger partial charge in [0.05, 0.1) is 6.61 Å². The van der Waals surface area contributed by atoms with Gasteiger partial charge >= 0.3 is 0 Å². The number of hydrogen-bond donors (Lipinski definition) is 0. The van der Waals surface area contributed by atoms with Gasteiger partial charge < -0.3 is 4.74 Å². The molecular weight excluding hydrogens is 224 g/mol. The molecule has 0 amide bonds. The van der Waals surface area contributed by atoms with Crippen LogP contribution in [0.15, 0.2) is 18.2 Å². The van der Waals surface area contributed by atoms with E-state index in [9.17, 15) is 4.79 Å². The molecular formula is C16H24O2. The maximum atomic E-state index is 11.8. The van der Waals surface area contributed by atoms with Crippen LogP contribution in [0.3, 0.4) is 0 Å². The van der Waals surface area contributed by atoms with Crippen LogP contribution in [0.2, 0.25) is 0 Å². The minimum atomic E-state index is 0.205. The second-order valence-corrected chi connectivity index (χ2v) is 4.71. The van der Waals surface area contributed by atoms with E-state index in [4.69, 9.17) is 4.74 Å². The van der Waals surface area contributed by atoms with Crippen LogP contribution >= 0.6 is 0 Å². The summed E-state index contributed by atoms with van der Waals surface area (Å²) in [6.07, 6.45) is 4.95. The van der Waals surface area contributed by atoms with Crippen molar-refractivity contribution in [2.45, 2.75) is 52.9 Å². The van der Waals surface area contributed by atoms with Gasteiger partial charge in [-0.1, -0.05) is 38.8 Å². The zero-order valence-electron chi connectivity index (χ0n) is 11.8. The average Bonchev–Trinajstić information content (AvgIpc) is 2.37. The first-order chi connectivity index (χ1) is 8.69. The number of aryl methyl sites for hydroxylation is 1. The topological polar surface area (TPSA) is 26.3 Å². The van der Waals surface area contributed by atoms with Crippen LogP contribution in [0.25, 0.3) is 0 Å². The third-order valence-electron chi connectivity index (χ3n) is 2.99. The molecule has 0 aliphatic heterocycles. The van der Waals surface area contributed by atoms with Gasteiger partial charge in [0.25, 0.3) is 0 Å². The highest BCUT2D eigenvalue weighted by Gasteiger charge is 2.08. The Bertz CT molecular complexity index is 383. The van der Waals surface area contributed by atoms with E-state index in [0.29, 0.717) is 6.42 Å². The summed E-state index contributed by atoms with van der Waals surface area (Å²) in [5, 5.41) is 0. The van der Waals surface area contributed by atoms with Crippen molar-refractivity contribution in [3.8, 4) is 5.75 Å². The average molecular weight is 248 g/mol. The van der Waals surface area contributed by atoms with Crippen LogP contribution in [-0.2, 0) is 0 Å². The van der Waals surface area contributed by atoms with Gasteiger partial charge in [-0.05, 0) is 31.4 Å². The van der Waals surface area contributed by atoms with Crippen molar-refractivity contribution in [2.75, 3.05) is 6.61 Å². The Morgan fingerprint density at radius 1 is 1.17 bits per heavy atom. The lowest BCUT2D eigenvalue weighted by atomic mass is 10.0.